The van der Waals surface area contributed by atoms with Gasteiger partial charge in [0.1, 0.15) is 0 Å². The summed E-state index contributed by atoms with van der Waals surface area (Å²) in [5.74, 6) is 0.614. The van der Waals surface area contributed by atoms with Gasteiger partial charge in [0.25, 0.3) is 0 Å². The monoisotopic (exact) mass is 215 g/mol. The van der Waals surface area contributed by atoms with Crippen LogP contribution < -0.4 is 0 Å². The maximum atomic E-state index is 8.90. The van der Waals surface area contributed by atoms with Crippen molar-refractivity contribution in [3.63, 3.8) is 0 Å². The molecule has 0 radical (unpaired) electrons. The Balaban J connectivity index is 1.76. The number of aliphatic hydroxyl groups excluding tert-OH is 1. The van der Waals surface area contributed by atoms with Gasteiger partial charge in [0, 0.05) is 19.0 Å². The molecule has 88 valence electrons. The van der Waals surface area contributed by atoms with Gasteiger partial charge in [-0.1, -0.05) is 6.92 Å². The van der Waals surface area contributed by atoms with E-state index >= 15 is 0 Å². The van der Waals surface area contributed by atoms with Crippen molar-refractivity contribution in [3.8, 4) is 0 Å². The van der Waals surface area contributed by atoms with E-state index in [9.17, 15) is 0 Å². The van der Waals surface area contributed by atoms with Crippen LogP contribution in [0.5, 0.6) is 0 Å². The number of rotatable bonds is 5. The second-order valence-corrected chi connectivity index (χ2v) is 4.45. The van der Waals surface area contributed by atoms with Gasteiger partial charge in [-0.15, -0.1) is 0 Å². The van der Waals surface area contributed by atoms with E-state index in [4.69, 9.17) is 14.6 Å². The molecule has 0 amide bonds. The number of hydrogen-bond acceptors (Lipinski definition) is 4. The third kappa shape index (κ3) is 2.69. The van der Waals surface area contributed by atoms with Gasteiger partial charge in [0.05, 0.1) is 32.0 Å². The Kier molecular flexibility index (Phi) is 3.97. The fourth-order valence-electron chi connectivity index (χ4n) is 2.52. The molecule has 4 nitrogen and oxygen atoms in total. The van der Waals surface area contributed by atoms with Gasteiger partial charge < -0.3 is 14.6 Å². The summed E-state index contributed by atoms with van der Waals surface area (Å²) in [5.41, 5.74) is 0. The molecule has 15 heavy (non-hydrogen) atoms. The number of ether oxygens (including phenoxy) is 2. The first-order chi connectivity index (χ1) is 7.33. The van der Waals surface area contributed by atoms with Crippen LogP contribution in [0.1, 0.15) is 13.3 Å². The first kappa shape index (κ1) is 11.3. The van der Waals surface area contributed by atoms with Crippen LogP contribution in [0, 0.1) is 5.92 Å². The number of hydrogen-bond donors (Lipinski definition) is 1. The highest BCUT2D eigenvalue weighted by Gasteiger charge is 2.39. The summed E-state index contributed by atoms with van der Waals surface area (Å²) in [6, 6.07) is 0. The molecule has 0 aliphatic carbocycles. The zero-order valence-electron chi connectivity index (χ0n) is 9.39. The molecule has 2 rings (SSSR count). The minimum absolute atomic E-state index is 0.233. The van der Waals surface area contributed by atoms with Crippen molar-refractivity contribution >= 4 is 0 Å². The quantitative estimate of drug-likeness (QED) is 0.706. The Hall–Kier alpha value is -0.160. The minimum Gasteiger partial charge on any atom is -0.395 e. The molecule has 2 aliphatic rings. The fourth-order valence-corrected chi connectivity index (χ4v) is 2.52. The van der Waals surface area contributed by atoms with Crippen LogP contribution >= 0.6 is 0 Å². The van der Waals surface area contributed by atoms with Crippen LogP contribution in [0.25, 0.3) is 0 Å². The van der Waals surface area contributed by atoms with Crippen molar-refractivity contribution in [2.24, 2.45) is 5.92 Å². The molecule has 2 heterocycles. The molecule has 2 saturated heterocycles. The molecule has 3 unspecified atom stereocenters. The van der Waals surface area contributed by atoms with Crippen LogP contribution in [0.3, 0.4) is 0 Å². The van der Waals surface area contributed by atoms with Gasteiger partial charge >= 0.3 is 0 Å². The van der Waals surface area contributed by atoms with E-state index in [0.717, 1.165) is 39.3 Å². The van der Waals surface area contributed by atoms with E-state index in [1.807, 2.05) is 0 Å². The molecule has 0 saturated carbocycles. The zero-order valence-corrected chi connectivity index (χ0v) is 9.39. The Labute approximate surface area is 91.2 Å². The molecule has 1 N–H and O–H groups in total. The SMILES string of the molecule is CCN(CCO)CC1CC2COCC2O1. The van der Waals surface area contributed by atoms with Crippen molar-refractivity contribution in [1.29, 1.82) is 0 Å². The van der Waals surface area contributed by atoms with Gasteiger partial charge in [0.15, 0.2) is 0 Å². The highest BCUT2D eigenvalue weighted by molar-refractivity contribution is 4.87. The maximum absolute atomic E-state index is 8.90. The van der Waals surface area contributed by atoms with E-state index < -0.39 is 0 Å². The molecule has 0 aromatic rings. The van der Waals surface area contributed by atoms with Gasteiger partial charge in [-0.3, -0.25) is 4.90 Å². The van der Waals surface area contributed by atoms with E-state index in [1.54, 1.807) is 0 Å². The van der Waals surface area contributed by atoms with Gasteiger partial charge in [-0.25, -0.2) is 0 Å². The largest absolute Gasteiger partial charge is 0.395 e. The summed E-state index contributed by atoms with van der Waals surface area (Å²) in [7, 11) is 0. The first-order valence-electron chi connectivity index (χ1n) is 5.90. The number of likely N-dealkylation sites (N-methyl/N-ethyl adjacent to an activating group) is 1. The van der Waals surface area contributed by atoms with E-state index in [0.29, 0.717) is 18.1 Å². The number of nitrogens with zero attached hydrogens (tertiary/aromatic N) is 1. The van der Waals surface area contributed by atoms with Crippen LogP contribution in [0.4, 0.5) is 0 Å². The van der Waals surface area contributed by atoms with Crippen molar-refractivity contribution < 1.29 is 14.6 Å². The Morgan fingerprint density at radius 3 is 2.93 bits per heavy atom. The summed E-state index contributed by atoms with van der Waals surface area (Å²) in [6.45, 7) is 6.67. The van der Waals surface area contributed by atoms with Gasteiger partial charge in [-0.2, -0.15) is 0 Å². The third-order valence-electron chi connectivity index (χ3n) is 3.40. The molecule has 2 fully saturated rings. The average molecular weight is 215 g/mol. The lowest BCUT2D eigenvalue weighted by molar-refractivity contribution is 0.00200. The number of aliphatic hydroxyl groups is 1. The molecular formula is C11H21NO3. The molecular weight excluding hydrogens is 194 g/mol. The minimum atomic E-state index is 0.233. The fraction of sp³-hybridized carbons (Fsp3) is 1.00. The van der Waals surface area contributed by atoms with Crippen molar-refractivity contribution in [3.05, 3.63) is 0 Å². The highest BCUT2D eigenvalue weighted by Crippen LogP contribution is 2.31. The van der Waals surface area contributed by atoms with Gasteiger partial charge in [-0.05, 0) is 13.0 Å². The van der Waals surface area contributed by atoms with E-state index in [-0.39, 0.29) is 6.61 Å². The molecule has 3 atom stereocenters. The lowest BCUT2D eigenvalue weighted by Crippen LogP contribution is -2.34. The standard InChI is InChI=1S/C11H21NO3/c1-2-12(3-4-13)6-10-5-9-7-14-8-11(9)15-10/h9-11,13H,2-8H2,1H3. The summed E-state index contributed by atoms with van der Waals surface area (Å²) >= 11 is 0. The Morgan fingerprint density at radius 1 is 1.40 bits per heavy atom. The smallest absolute Gasteiger partial charge is 0.0863 e. The Morgan fingerprint density at radius 2 is 2.27 bits per heavy atom. The van der Waals surface area contributed by atoms with Crippen molar-refractivity contribution in [2.75, 3.05) is 39.5 Å². The summed E-state index contributed by atoms with van der Waals surface area (Å²) in [5, 5.41) is 8.90. The average Bonchev–Trinajstić information content (AvgIpc) is 2.77. The van der Waals surface area contributed by atoms with E-state index in [2.05, 4.69) is 11.8 Å². The van der Waals surface area contributed by atoms with E-state index in [1.165, 1.54) is 0 Å². The Bertz CT molecular complexity index is 188. The van der Waals surface area contributed by atoms with Crippen LogP contribution in [-0.4, -0.2) is 61.7 Å². The predicted molar refractivity (Wildman–Crippen MR) is 56.8 cm³/mol. The maximum Gasteiger partial charge on any atom is 0.0863 e. The first-order valence-corrected chi connectivity index (χ1v) is 5.90. The van der Waals surface area contributed by atoms with Crippen LogP contribution in [0.2, 0.25) is 0 Å². The predicted octanol–water partition coefficient (Wildman–Crippen LogP) is 0.104. The van der Waals surface area contributed by atoms with Crippen molar-refractivity contribution in [2.45, 2.75) is 25.6 Å². The third-order valence-corrected chi connectivity index (χ3v) is 3.40. The highest BCUT2D eigenvalue weighted by atomic mass is 16.6. The van der Waals surface area contributed by atoms with Gasteiger partial charge in [0.2, 0.25) is 0 Å². The lowest BCUT2D eigenvalue weighted by atomic mass is 10.0. The topological polar surface area (TPSA) is 41.9 Å². The second kappa shape index (κ2) is 5.25. The molecule has 0 spiro atoms. The second-order valence-electron chi connectivity index (χ2n) is 4.45. The summed E-state index contributed by atoms with van der Waals surface area (Å²) < 4.78 is 11.3. The van der Waals surface area contributed by atoms with Crippen LogP contribution in [-0.2, 0) is 9.47 Å². The normalized spacial score (nSPS) is 35.0. The molecule has 4 heteroatoms. The lowest BCUT2D eigenvalue weighted by Gasteiger charge is -2.23. The summed E-state index contributed by atoms with van der Waals surface area (Å²) in [6.07, 6.45) is 1.80. The molecule has 2 aliphatic heterocycles. The number of fused-ring (bicyclic) bond motifs is 1. The summed E-state index contributed by atoms with van der Waals surface area (Å²) in [4.78, 5) is 2.24. The van der Waals surface area contributed by atoms with Crippen LogP contribution in [0.15, 0.2) is 0 Å². The van der Waals surface area contributed by atoms with Crippen molar-refractivity contribution in [1.82, 2.24) is 4.90 Å². The molecule has 0 bridgehead atoms. The molecule has 0 aromatic heterocycles. The zero-order chi connectivity index (χ0) is 10.7. The molecule has 0 aromatic carbocycles.